The Hall–Kier alpha value is -4.07. The Morgan fingerprint density at radius 3 is 2.32 bits per heavy atom. The Kier molecular flexibility index (Phi) is 6.96. The number of methoxy groups -OCH3 is 4. The number of benzene rings is 2. The lowest BCUT2D eigenvalue weighted by Gasteiger charge is -2.21. The Morgan fingerprint density at radius 1 is 0.971 bits per heavy atom. The summed E-state index contributed by atoms with van der Waals surface area (Å²) in [5, 5.41) is 3.86. The number of amides is 1. The summed E-state index contributed by atoms with van der Waals surface area (Å²) in [6, 6.07) is 13.2. The second kappa shape index (κ2) is 10.2. The molecule has 4 aromatic rings. The number of carbonyl (C=O) groups is 1. The molecule has 1 atom stereocenters. The highest BCUT2D eigenvalue weighted by Gasteiger charge is 2.26. The number of fused-ring (bicyclic) bond motifs is 1. The number of H-pyrrole nitrogens is 1. The first-order valence-electron chi connectivity index (χ1n) is 10.8. The molecule has 0 bridgehead atoms. The summed E-state index contributed by atoms with van der Waals surface area (Å²) < 4.78 is 27.6. The van der Waals surface area contributed by atoms with Gasteiger partial charge in [-0.3, -0.25) is 4.79 Å². The molecular formula is C26H28N2O6. The maximum absolute atomic E-state index is 13.1. The van der Waals surface area contributed by atoms with E-state index in [1.807, 2.05) is 42.6 Å². The van der Waals surface area contributed by atoms with Gasteiger partial charge in [-0.05, 0) is 47.5 Å². The molecule has 0 saturated carbocycles. The number of aromatic nitrogens is 1. The molecule has 0 spiro atoms. The summed E-state index contributed by atoms with van der Waals surface area (Å²) in [4.78, 5) is 16.4. The van der Waals surface area contributed by atoms with Crippen molar-refractivity contribution in [2.24, 2.45) is 0 Å². The minimum atomic E-state index is -0.324. The molecule has 4 rings (SSSR count). The van der Waals surface area contributed by atoms with Crippen LogP contribution in [-0.4, -0.2) is 39.3 Å². The van der Waals surface area contributed by atoms with Gasteiger partial charge in [0.05, 0.1) is 41.2 Å². The molecule has 0 radical (unpaired) electrons. The van der Waals surface area contributed by atoms with Crippen molar-refractivity contribution in [3.05, 3.63) is 71.8 Å². The molecule has 8 nitrogen and oxygen atoms in total. The van der Waals surface area contributed by atoms with E-state index in [0.717, 1.165) is 27.8 Å². The van der Waals surface area contributed by atoms with Crippen molar-refractivity contribution >= 4 is 16.8 Å². The number of carbonyl (C=O) groups excluding carboxylic acids is 1. The summed E-state index contributed by atoms with van der Waals surface area (Å²) in [5.41, 5.74) is 2.69. The van der Waals surface area contributed by atoms with E-state index in [2.05, 4.69) is 10.3 Å². The third kappa shape index (κ3) is 4.52. The zero-order valence-electron chi connectivity index (χ0n) is 19.6. The van der Waals surface area contributed by atoms with E-state index in [1.54, 1.807) is 40.8 Å². The molecule has 0 saturated heterocycles. The van der Waals surface area contributed by atoms with Crippen molar-refractivity contribution in [3.63, 3.8) is 0 Å². The molecule has 178 valence electrons. The maximum Gasteiger partial charge on any atom is 0.221 e. The van der Waals surface area contributed by atoms with Gasteiger partial charge in [0.1, 0.15) is 11.5 Å². The van der Waals surface area contributed by atoms with E-state index in [0.29, 0.717) is 29.6 Å². The summed E-state index contributed by atoms with van der Waals surface area (Å²) in [6.07, 6.45) is 3.68. The number of furan rings is 1. The molecule has 1 amide bonds. The van der Waals surface area contributed by atoms with Gasteiger partial charge in [-0.15, -0.1) is 0 Å². The predicted octanol–water partition coefficient (Wildman–Crippen LogP) is 4.63. The number of hydrogen-bond acceptors (Lipinski definition) is 6. The van der Waals surface area contributed by atoms with Crippen LogP contribution in [0.15, 0.2) is 59.3 Å². The second-order valence-corrected chi connectivity index (χ2v) is 7.70. The highest BCUT2D eigenvalue weighted by molar-refractivity contribution is 5.91. The molecule has 0 aliphatic rings. The van der Waals surface area contributed by atoms with Crippen molar-refractivity contribution in [3.8, 4) is 23.0 Å². The molecule has 2 aromatic carbocycles. The normalized spacial score (nSPS) is 11.8. The average molecular weight is 465 g/mol. The van der Waals surface area contributed by atoms with Crippen LogP contribution in [0.3, 0.4) is 0 Å². The van der Waals surface area contributed by atoms with E-state index in [1.165, 1.54) is 0 Å². The second-order valence-electron chi connectivity index (χ2n) is 7.70. The van der Waals surface area contributed by atoms with Crippen molar-refractivity contribution in [2.45, 2.75) is 18.9 Å². The number of ether oxygens (including phenoxy) is 4. The van der Waals surface area contributed by atoms with Gasteiger partial charge >= 0.3 is 0 Å². The van der Waals surface area contributed by atoms with Gasteiger partial charge in [0, 0.05) is 29.4 Å². The van der Waals surface area contributed by atoms with Gasteiger partial charge in [-0.2, -0.15) is 0 Å². The Bertz CT molecular complexity index is 1240. The molecule has 0 fully saturated rings. The summed E-state index contributed by atoms with van der Waals surface area (Å²) in [6.45, 7) is 0.311. The van der Waals surface area contributed by atoms with E-state index < -0.39 is 0 Å². The van der Waals surface area contributed by atoms with Gasteiger partial charge in [-0.25, -0.2) is 0 Å². The van der Waals surface area contributed by atoms with Gasteiger partial charge in [0.2, 0.25) is 11.7 Å². The zero-order valence-corrected chi connectivity index (χ0v) is 19.6. The van der Waals surface area contributed by atoms with E-state index in [9.17, 15) is 4.79 Å². The van der Waals surface area contributed by atoms with Crippen LogP contribution in [0.1, 0.15) is 29.2 Å². The fourth-order valence-corrected chi connectivity index (χ4v) is 4.19. The first kappa shape index (κ1) is 23.1. The smallest absolute Gasteiger partial charge is 0.221 e. The van der Waals surface area contributed by atoms with Crippen LogP contribution in [0, 0.1) is 0 Å². The number of rotatable bonds is 10. The summed E-state index contributed by atoms with van der Waals surface area (Å²) in [5.74, 6) is 2.49. The third-order valence-corrected chi connectivity index (χ3v) is 5.81. The quantitative estimate of drug-likeness (QED) is 0.355. The zero-order chi connectivity index (χ0) is 24.1. The van der Waals surface area contributed by atoms with Gasteiger partial charge in [-0.1, -0.05) is 6.07 Å². The predicted molar refractivity (Wildman–Crippen MR) is 128 cm³/mol. The van der Waals surface area contributed by atoms with Crippen LogP contribution >= 0.6 is 0 Å². The largest absolute Gasteiger partial charge is 0.496 e. The van der Waals surface area contributed by atoms with Crippen molar-refractivity contribution in [1.29, 1.82) is 0 Å². The minimum Gasteiger partial charge on any atom is -0.496 e. The summed E-state index contributed by atoms with van der Waals surface area (Å²) in [7, 11) is 6.34. The first-order chi connectivity index (χ1) is 16.6. The SMILES string of the molecule is COc1cc(C(CC(=O)NCc2ccco2)c2c[nH]c3cccc(OC)c23)cc(OC)c1OC. The average Bonchev–Trinajstić information content (AvgIpc) is 3.55. The van der Waals surface area contributed by atoms with Crippen molar-refractivity contribution < 1.29 is 28.2 Å². The molecule has 2 aromatic heterocycles. The maximum atomic E-state index is 13.1. The monoisotopic (exact) mass is 464 g/mol. The fraction of sp³-hybridized carbons (Fsp3) is 0.269. The Labute approximate surface area is 197 Å². The van der Waals surface area contributed by atoms with E-state index in [-0.39, 0.29) is 18.2 Å². The lowest BCUT2D eigenvalue weighted by atomic mass is 9.87. The molecule has 1 unspecified atom stereocenters. The van der Waals surface area contributed by atoms with Crippen LogP contribution in [0.25, 0.3) is 10.9 Å². The molecule has 0 aliphatic heterocycles. The van der Waals surface area contributed by atoms with Gasteiger partial charge in [0.15, 0.2) is 11.5 Å². The Morgan fingerprint density at radius 2 is 1.71 bits per heavy atom. The highest BCUT2D eigenvalue weighted by Crippen LogP contribution is 2.44. The molecule has 34 heavy (non-hydrogen) atoms. The lowest BCUT2D eigenvalue weighted by Crippen LogP contribution is -2.24. The van der Waals surface area contributed by atoms with Gasteiger partial charge in [0.25, 0.3) is 0 Å². The van der Waals surface area contributed by atoms with Crippen LogP contribution < -0.4 is 24.3 Å². The number of hydrogen-bond donors (Lipinski definition) is 2. The molecule has 2 heterocycles. The van der Waals surface area contributed by atoms with E-state index in [4.69, 9.17) is 23.4 Å². The van der Waals surface area contributed by atoms with Gasteiger partial charge < -0.3 is 33.7 Å². The van der Waals surface area contributed by atoms with Crippen LogP contribution in [0.5, 0.6) is 23.0 Å². The lowest BCUT2D eigenvalue weighted by molar-refractivity contribution is -0.121. The highest BCUT2D eigenvalue weighted by atomic mass is 16.5. The minimum absolute atomic E-state index is 0.126. The van der Waals surface area contributed by atoms with Crippen molar-refractivity contribution in [2.75, 3.05) is 28.4 Å². The van der Waals surface area contributed by atoms with Crippen LogP contribution in [0.2, 0.25) is 0 Å². The van der Waals surface area contributed by atoms with Crippen LogP contribution in [-0.2, 0) is 11.3 Å². The fourth-order valence-electron chi connectivity index (χ4n) is 4.19. The standard InChI is InChI=1S/C26H28N2O6/c1-30-21-9-5-8-20-25(21)19(15-27-20)18(13-24(29)28-14-17-7-6-10-34-17)16-11-22(31-2)26(33-4)23(12-16)32-3/h5-12,15,18,27H,13-14H2,1-4H3,(H,28,29). The van der Waals surface area contributed by atoms with Crippen molar-refractivity contribution in [1.82, 2.24) is 10.3 Å². The number of nitrogens with one attached hydrogen (secondary N) is 2. The van der Waals surface area contributed by atoms with E-state index >= 15 is 0 Å². The topological polar surface area (TPSA) is 95.0 Å². The summed E-state index contributed by atoms with van der Waals surface area (Å²) >= 11 is 0. The number of aromatic amines is 1. The molecular weight excluding hydrogens is 436 g/mol. The van der Waals surface area contributed by atoms with Crippen LogP contribution in [0.4, 0.5) is 0 Å². The molecule has 2 N–H and O–H groups in total. The first-order valence-corrected chi connectivity index (χ1v) is 10.8. The molecule has 0 aliphatic carbocycles. The Balaban J connectivity index is 1.78. The molecule has 8 heteroatoms. The third-order valence-electron chi connectivity index (χ3n) is 5.81.